The third-order valence-electron chi connectivity index (χ3n) is 8.44. The molecule has 2 unspecified atom stereocenters. The SMILES string of the molecule is CCC/C=C\C/C=C\CCCCCCCC(=O)OC(COC(=O)CCCCCCCCCCCCCC)COC(OCC[N+](C)(C)C)C(=O)O. The van der Waals surface area contributed by atoms with Crippen LogP contribution in [-0.4, -0.2) is 87.4 Å². The Hall–Kier alpha value is -2.23. The molecule has 0 spiro atoms. The van der Waals surface area contributed by atoms with Crippen molar-refractivity contribution < 1.29 is 42.9 Å². The first-order valence-corrected chi connectivity index (χ1v) is 20.0. The Morgan fingerprint density at radius 1 is 0.600 bits per heavy atom. The molecule has 0 aromatic heterocycles. The number of esters is 2. The number of carbonyl (C=O) groups is 3. The number of hydrogen-bond donors (Lipinski definition) is 1. The highest BCUT2D eigenvalue weighted by molar-refractivity contribution is 5.71. The van der Waals surface area contributed by atoms with Crippen LogP contribution in [0.2, 0.25) is 0 Å². The standard InChI is InChI=1S/C41H75NO8/c1-6-8-10-12-14-16-18-20-22-24-26-28-30-32-39(44)50-37(36-49-41(40(45)46)47-34-33-42(3,4)5)35-48-38(43)31-29-27-25-23-21-19-17-15-13-11-9-7-2/h10,12,16,18,37,41H,6-9,11,13-15,17,19-36H2,1-5H3/p+1/b12-10-,18-16-. The number of aliphatic carboxylic acids is 1. The summed E-state index contributed by atoms with van der Waals surface area (Å²) in [7, 11) is 5.94. The second-order valence-corrected chi connectivity index (χ2v) is 14.6. The lowest BCUT2D eigenvalue weighted by molar-refractivity contribution is -0.870. The third-order valence-corrected chi connectivity index (χ3v) is 8.44. The van der Waals surface area contributed by atoms with Crippen LogP contribution in [0.5, 0.6) is 0 Å². The Labute approximate surface area is 306 Å². The van der Waals surface area contributed by atoms with E-state index in [4.69, 9.17) is 18.9 Å². The van der Waals surface area contributed by atoms with E-state index in [0.717, 1.165) is 64.2 Å². The molecular formula is C41H76NO8+. The topological polar surface area (TPSA) is 108 Å². The van der Waals surface area contributed by atoms with Crippen LogP contribution in [0.1, 0.15) is 162 Å². The number of carbonyl (C=O) groups excluding carboxylic acids is 2. The molecular weight excluding hydrogens is 634 g/mol. The van der Waals surface area contributed by atoms with Crippen molar-refractivity contribution in [3.05, 3.63) is 24.3 Å². The predicted octanol–water partition coefficient (Wildman–Crippen LogP) is 9.72. The van der Waals surface area contributed by atoms with Crippen LogP contribution in [0.4, 0.5) is 0 Å². The van der Waals surface area contributed by atoms with E-state index in [1.54, 1.807) is 0 Å². The van der Waals surface area contributed by atoms with Gasteiger partial charge in [0, 0.05) is 12.8 Å². The maximum absolute atomic E-state index is 12.7. The molecule has 50 heavy (non-hydrogen) atoms. The molecule has 0 amide bonds. The molecule has 0 rings (SSSR count). The van der Waals surface area contributed by atoms with Crippen LogP contribution >= 0.6 is 0 Å². The quantitative estimate of drug-likeness (QED) is 0.0225. The summed E-state index contributed by atoms with van der Waals surface area (Å²) in [6, 6.07) is 0. The molecule has 0 aromatic rings. The maximum atomic E-state index is 12.7. The molecule has 0 aliphatic rings. The van der Waals surface area contributed by atoms with Crippen LogP contribution in [0.25, 0.3) is 0 Å². The van der Waals surface area contributed by atoms with Crippen molar-refractivity contribution in [3.8, 4) is 0 Å². The number of rotatable bonds is 36. The fraction of sp³-hybridized carbons (Fsp3) is 0.829. The first-order valence-electron chi connectivity index (χ1n) is 20.0. The smallest absolute Gasteiger partial charge is 0.361 e. The number of quaternary nitrogens is 1. The van der Waals surface area contributed by atoms with Crippen molar-refractivity contribution in [1.82, 2.24) is 0 Å². The van der Waals surface area contributed by atoms with E-state index in [0.29, 0.717) is 23.9 Å². The number of allylic oxidation sites excluding steroid dienone is 4. The van der Waals surface area contributed by atoms with Gasteiger partial charge < -0.3 is 28.5 Å². The van der Waals surface area contributed by atoms with Crippen molar-refractivity contribution in [1.29, 1.82) is 0 Å². The van der Waals surface area contributed by atoms with Gasteiger partial charge in [0.2, 0.25) is 0 Å². The minimum Gasteiger partial charge on any atom is -0.477 e. The minimum atomic E-state index is -1.51. The normalized spacial score (nSPS) is 13.2. The molecule has 0 radical (unpaired) electrons. The molecule has 0 aliphatic heterocycles. The van der Waals surface area contributed by atoms with Gasteiger partial charge in [0.15, 0.2) is 6.10 Å². The van der Waals surface area contributed by atoms with Crippen molar-refractivity contribution in [2.45, 2.75) is 174 Å². The van der Waals surface area contributed by atoms with E-state index in [1.165, 1.54) is 64.2 Å². The van der Waals surface area contributed by atoms with Gasteiger partial charge in [-0.05, 0) is 38.5 Å². The number of likely N-dealkylation sites (N-methyl/N-ethyl adjacent to an activating group) is 1. The summed E-state index contributed by atoms with van der Waals surface area (Å²) in [5.74, 6) is -2.03. The Morgan fingerprint density at radius 3 is 1.66 bits per heavy atom. The van der Waals surface area contributed by atoms with Crippen molar-refractivity contribution in [3.63, 3.8) is 0 Å². The van der Waals surface area contributed by atoms with Gasteiger partial charge in [0.1, 0.15) is 13.2 Å². The molecule has 0 aromatic carbocycles. The highest BCUT2D eigenvalue weighted by Crippen LogP contribution is 2.14. The van der Waals surface area contributed by atoms with Crippen LogP contribution in [0, 0.1) is 0 Å². The molecule has 2 atom stereocenters. The first kappa shape index (κ1) is 47.8. The van der Waals surface area contributed by atoms with E-state index < -0.39 is 24.3 Å². The summed E-state index contributed by atoms with van der Waals surface area (Å²) in [6.07, 6.45) is 30.9. The largest absolute Gasteiger partial charge is 0.477 e. The Balaban J connectivity index is 4.54. The zero-order chi connectivity index (χ0) is 37.1. The number of carboxylic acids is 1. The van der Waals surface area contributed by atoms with Crippen molar-refractivity contribution in [2.24, 2.45) is 0 Å². The van der Waals surface area contributed by atoms with E-state index in [-0.39, 0.29) is 32.2 Å². The Kier molecular flexibility index (Phi) is 32.4. The van der Waals surface area contributed by atoms with Gasteiger partial charge in [-0.3, -0.25) is 9.59 Å². The van der Waals surface area contributed by atoms with Crippen molar-refractivity contribution >= 4 is 17.9 Å². The average molecular weight is 711 g/mol. The lowest BCUT2D eigenvalue weighted by Crippen LogP contribution is -2.40. The molecule has 0 saturated carbocycles. The molecule has 1 N–H and O–H groups in total. The third kappa shape index (κ3) is 34.2. The predicted molar refractivity (Wildman–Crippen MR) is 203 cm³/mol. The number of carboxylic acid groups (broad SMARTS) is 1. The number of unbranched alkanes of at least 4 members (excludes halogenated alkanes) is 17. The highest BCUT2D eigenvalue weighted by Gasteiger charge is 2.25. The average Bonchev–Trinajstić information content (AvgIpc) is 3.06. The van der Waals surface area contributed by atoms with Gasteiger partial charge >= 0.3 is 17.9 Å². The molecule has 9 heteroatoms. The summed E-state index contributed by atoms with van der Waals surface area (Å²) in [4.78, 5) is 36.9. The van der Waals surface area contributed by atoms with Crippen LogP contribution in [0.15, 0.2) is 24.3 Å². The van der Waals surface area contributed by atoms with Crippen molar-refractivity contribution in [2.75, 3.05) is 47.5 Å². The second kappa shape index (κ2) is 33.9. The van der Waals surface area contributed by atoms with E-state index >= 15 is 0 Å². The summed E-state index contributed by atoms with van der Waals surface area (Å²) < 4.78 is 22.6. The zero-order valence-corrected chi connectivity index (χ0v) is 32.8. The van der Waals surface area contributed by atoms with E-state index in [9.17, 15) is 19.5 Å². The van der Waals surface area contributed by atoms with Gasteiger partial charge in [-0.1, -0.05) is 134 Å². The second-order valence-electron chi connectivity index (χ2n) is 14.6. The van der Waals surface area contributed by atoms with Gasteiger partial charge in [-0.15, -0.1) is 0 Å². The van der Waals surface area contributed by atoms with Crippen LogP contribution in [-0.2, 0) is 33.3 Å². The monoisotopic (exact) mass is 711 g/mol. The molecule has 0 fully saturated rings. The fourth-order valence-electron chi connectivity index (χ4n) is 5.28. The number of hydrogen-bond acceptors (Lipinski definition) is 7. The zero-order valence-electron chi connectivity index (χ0n) is 32.8. The van der Waals surface area contributed by atoms with Gasteiger partial charge in [-0.2, -0.15) is 0 Å². The molecule has 0 heterocycles. The molecule has 0 saturated heterocycles. The van der Waals surface area contributed by atoms with E-state index in [2.05, 4.69) is 38.2 Å². The van der Waals surface area contributed by atoms with E-state index in [1.807, 2.05) is 21.1 Å². The molecule has 0 aliphatic carbocycles. The summed E-state index contributed by atoms with van der Waals surface area (Å²) in [6.45, 7) is 4.77. The maximum Gasteiger partial charge on any atom is 0.361 e. The fourth-order valence-corrected chi connectivity index (χ4v) is 5.28. The number of ether oxygens (including phenoxy) is 4. The summed E-state index contributed by atoms with van der Waals surface area (Å²) >= 11 is 0. The Bertz CT molecular complexity index is 882. The minimum absolute atomic E-state index is 0.185. The lowest BCUT2D eigenvalue weighted by Gasteiger charge is -2.25. The summed E-state index contributed by atoms with van der Waals surface area (Å²) in [5.41, 5.74) is 0. The molecule has 9 nitrogen and oxygen atoms in total. The molecule has 0 bridgehead atoms. The van der Waals surface area contributed by atoms with Crippen LogP contribution in [0.3, 0.4) is 0 Å². The Morgan fingerprint density at radius 2 is 1.12 bits per heavy atom. The highest BCUT2D eigenvalue weighted by atomic mass is 16.7. The van der Waals surface area contributed by atoms with Gasteiger partial charge in [0.05, 0.1) is 34.4 Å². The van der Waals surface area contributed by atoms with Gasteiger partial charge in [0.25, 0.3) is 6.29 Å². The number of nitrogens with zero attached hydrogens (tertiary/aromatic N) is 1. The van der Waals surface area contributed by atoms with Crippen LogP contribution < -0.4 is 0 Å². The first-order chi connectivity index (χ1) is 24.1. The lowest BCUT2D eigenvalue weighted by atomic mass is 10.0. The summed E-state index contributed by atoms with van der Waals surface area (Å²) in [5, 5.41) is 9.59. The van der Waals surface area contributed by atoms with Gasteiger partial charge in [-0.25, -0.2) is 4.79 Å². The molecule has 292 valence electrons.